The van der Waals surface area contributed by atoms with Gasteiger partial charge in [0.15, 0.2) is 0 Å². The molecule has 0 bridgehead atoms. The molecule has 0 aliphatic carbocycles. The van der Waals surface area contributed by atoms with Gasteiger partial charge in [-0.15, -0.1) is 11.3 Å². The average Bonchev–Trinajstić information content (AvgIpc) is 3.39. The van der Waals surface area contributed by atoms with Crippen LogP contribution in [0.25, 0.3) is 16.3 Å². The summed E-state index contributed by atoms with van der Waals surface area (Å²) in [7, 11) is 2.21. The molecule has 0 spiro atoms. The highest BCUT2D eigenvalue weighted by Gasteiger charge is 2.14. The number of benzene rings is 1. The highest BCUT2D eigenvalue weighted by molar-refractivity contribution is 7.13. The summed E-state index contributed by atoms with van der Waals surface area (Å²) in [6.07, 6.45) is 3.35. The van der Waals surface area contributed by atoms with E-state index in [2.05, 4.69) is 70.1 Å². The van der Waals surface area contributed by atoms with Crippen LogP contribution in [-0.2, 0) is 6.54 Å². The summed E-state index contributed by atoms with van der Waals surface area (Å²) in [5.41, 5.74) is 3.44. The van der Waals surface area contributed by atoms with Crippen LogP contribution in [0.4, 0.5) is 0 Å². The number of nitrogens with zero attached hydrogens (tertiary/aromatic N) is 4. The van der Waals surface area contributed by atoms with Crippen LogP contribution in [0.15, 0.2) is 54.0 Å². The Morgan fingerprint density at radius 3 is 2.61 bits per heavy atom. The van der Waals surface area contributed by atoms with E-state index in [0.717, 1.165) is 24.5 Å². The van der Waals surface area contributed by atoms with Gasteiger partial charge >= 0.3 is 0 Å². The van der Waals surface area contributed by atoms with Gasteiger partial charge in [0.1, 0.15) is 5.69 Å². The molecular weight excluding hydrogens is 366 g/mol. The fourth-order valence-electron chi connectivity index (χ4n) is 3.59. The van der Waals surface area contributed by atoms with Gasteiger partial charge in [-0.3, -0.25) is 0 Å². The maximum Gasteiger partial charge on any atom is 0.107 e. The van der Waals surface area contributed by atoms with E-state index in [1.54, 1.807) is 11.3 Å². The van der Waals surface area contributed by atoms with Crippen molar-refractivity contribution in [2.75, 3.05) is 46.3 Å². The SMILES string of the molecule is CN1CCN(CCCNCc2cn(-c3ccccc3)nc2-c2cccs2)CC1. The van der Waals surface area contributed by atoms with Gasteiger partial charge in [-0.1, -0.05) is 24.3 Å². The van der Waals surface area contributed by atoms with Crippen molar-refractivity contribution in [3.63, 3.8) is 0 Å². The van der Waals surface area contributed by atoms with E-state index in [9.17, 15) is 0 Å². The number of thiophene rings is 1. The zero-order valence-corrected chi connectivity index (χ0v) is 17.4. The highest BCUT2D eigenvalue weighted by atomic mass is 32.1. The number of aromatic nitrogens is 2. The summed E-state index contributed by atoms with van der Waals surface area (Å²) >= 11 is 1.75. The van der Waals surface area contributed by atoms with Crippen LogP contribution in [0, 0.1) is 0 Å². The van der Waals surface area contributed by atoms with E-state index in [-0.39, 0.29) is 0 Å². The standard InChI is InChI=1S/C22H29N5S/c1-25-12-14-26(15-13-25)11-6-10-23-17-19-18-27(20-7-3-2-4-8-20)24-22(19)21-9-5-16-28-21/h2-5,7-9,16,18,23H,6,10-15,17H2,1H3. The first-order valence-corrected chi connectivity index (χ1v) is 11.0. The fraction of sp³-hybridized carbons (Fsp3) is 0.409. The van der Waals surface area contributed by atoms with Crippen molar-refractivity contribution >= 4 is 11.3 Å². The average molecular weight is 396 g/mol. The molecule has 2 aromatic heterocycles. The Balaban J connectivity index is 1.35. The second-order valence-corrected chi connectivity index (χ2v) is 8.38. The number of para-hydroxylation sites is 1. The molecule has 1 aliphatic rings. The molecule has 1 aromatic carbocycles. The van der Waals surface area contributed by atoms with Crippen LogP contribution in [0.3, 0.4) is 0 Å². The molecule has 5 nitrogen and oxygen atoms in total. The van der Waals surface area contributed by atoms with Crippen molar-refractivity contribution in [1.82, 2.24) is 24.9 Å². The third kappa shape index (κ3) is 4.89. The molecule has 0 radical (unpaired) electrons. The lowest BCUT2D eigenvalue weighted by Crippen LogP contribution is -2.45. The summed E-state index contributed by atoms with van der Waals surface area (Å²) in [5.74, 6) is 0. The zero-order valence-electron chi connectivity index (χ0n) is 16.6. The van der Waals surface area contributed by atoms with Crippen molar-refractivity contribution < 1.29 is 0 Å². The van der Waals surface area contributed by atoms with Crippen LogP contribution in [-0.4, -0.2) is 65.9 Å². The topological polar surface area (TPSA) is 36.3 Å². The van der Waals surface area contributed by atoms with Crippen LogP contribution >= 0.6 is 11.3 Å². The number of piperazine rings is 1. The molecule has 0 saturated carbocycles. The molecule has 1 N–H and O–H groups in total. The summed E-state index contributed by atoms with van der Waals surface area (Å²) in [5, 5.41) is 10.6. The molecule has 148 valence electrons. The van der Waals surface area contributed by atoms with E-state index < -0.39 is 0 Å². The van der Waals surface area contributed by atoms with Crippen molar-refractivity contribution in [3.05, 3.63) is 59.6 Å². The van der Waals surface area contributed by atoms with Crippen LogP contribution < -0.4 is 5.32 Å². The maximum atomic E-state index is 4.88. The van der Waals surface area contributed by atoms with E-state index in [4.69, 9.17) is 5.10 Å². The maximum absolute atomic E-state index is 4.88. The molecular formula is C22H29N5S. The molecule has 1 saturated heterocycles. The summed E-state index contributed by atoms with van der Waals surface area (Å²) in [4.78, 5) is 6.21. The first-order chi connectivity index (χ1) is 13.8. The smallest absolute Gasteiger partial charge is 0.107 e. The molecule has 3 aromatic rings. The van der Waals surface area contributed by atoms with E-state index >= 15 is 0 Å². The molecule has 6 heteroatoms. The number of nitrogens with one attached hydrogen (secondary N) is 1. The van der Waals surface area contributed by atoms with Crippen molar-refractivity contribution in [3.8, 4) is 16.3 Å². The lowest BCUT2D eigenvalue weighted by atomic mass is 10.2. The monoisotopic (exact) mass is 395 g/mol. The minimum atomic E-state index is 0.850. The van der Waals surface area contributed by atoms with Crippen LogP contribution in [0.2, 0.25) is 0 Å². The number of rotatable bonds is 8. The minimum Gasteiger partial charge on any atom is -0.312 e. The van der Waals surface area contributed by atoms with Gasteiger partial charge in [0, 0.05) is 44.5 Å². The Morgan fingerprint density at radius 1 is 1.04 bits per heavy atom. The molecule has 0 amide bonds. The van der Waals surface area contributed by atoms with Gasteiger partial charge < -0.3 is 15.1 Å². The molecule has 28 heavy (non-hydrogen) atoms. The second-order valence-electron chi connectivity index (χ2n) is 7.44. The molecule has 3 heterocycles. The third-order valence-corrected chi connectivity index (χ3v) is 6.18. The zero-order chi connectivity index (χ0) is 19.2. The number of hydrogen-bond acceptors (Lipinski definition) is 5. The van der Waals surface area contributed by atoms with E-state index in [1.165, 1.54) is 49.6 Å². The van der Waals surface area contributed by atoms with Crippen molar-refractivity contribution in [2.24, 2.45) is 0 Å². The summed E-state index contributed by atoms with van der Waals surface area (Å²) in [6, 6.07) is 14.6. The van der Waals surface area contributed by atoms with Gasteiger partial charge in [-0.2, -0.15) is 5.10 Å². The fourth-order valence-corrected chi connectivity index (χ4v) is 4.34. The Hall–Kier alpha value is -1.99. The van der Waals surface area contributed by atoms with Crippen LogP contribution in [0.5, 0.6) is 0 Å². The first kappa shape index (κ1) is 19.3. The predicted molar refractivity (Wildman–Crippen MR) is 117 cm³/mol. The van der Waals surface area contributed by atoms with Crippen molar-refractivity contribution in [1.29, 1.82) is 0 Å². The second kappa shape index (κ2) is 9.47. The Bertz CT molecular complexity index is 835. The predicted octanol–water partition coefficient (Wildman–Crippen LogP) is 3.33. The third-order valence-electron chi connectivity index (χ3n) is 5.30. The highest BCUT2D eigenvalue weighted by Crippen LogP contribution is 2.27. The molecule has 1 fully saturated rings. The summed E-state index contributed by atoms with van der Waals surface area (Å²) in [6.45, 7) is 7.84. The summed E-state index contributed by atoms with van der Waals surface area (Å²) < 4.78 is 2.00. The number of likely N-dealkylation sites (N-methyl/N-ethyl adjacent to an activating group) is 1. The van der Waals surface area contributed by atoms with Gasteiger partial charge in [0.2, 0.25) is 0 Å². The molecule has 0 atom stereocenters. The van der Waals surface area contributed by atoms with Crippen LogP contribution in [0.1, 0.15) is 12.0 Å². The Labute approximate surface area is 171 Å². The van der Waals surface area contributed by atoms with Crippen molar-refractivity contribution in [2.45, 2.75) is 13.0 Å². The van der Waals surface area contributed by atoms with E-state index in [1.807, 2.05) is 10.7 Å². The van der Waals surface area contributed by atoms with Gasteiger partial charge in [-0.05, 0) is 50.1 Å². The van der Waals surface area contributed by atoms with Gasteiger partial charge in [0.05, 0.1) is 10.6 Å². The Morgan fingerprint density at radius 2 is 1.86 bits per heavy atom. The van der Waals surface area contributed by atoms with E-state index in [0.29, 0.717) is 0 Å². The Kier molecular flexibility index (Phi) is 6.54. The lowest BCUT2D eigenvalue weighted by Gasteiger charge is -2.32. The number of hydrogen-bond donors (Lipinski definition) is 1. The quantitative estimate of drug-likeness (QED) is 0.594. The first-order valence-electron chi connectivity index (χ1n) is 10.1. The molecule has 1 aliphatic heterocycles. The normalized spacial score (nSPS) is 15.9. The lowest BCUT2D eigenvalue weighted by molar-refractivity contribution is 0.153. The minimum absolute atomic E-state index is 0.850. The molecule has 4 rings (SSSR count). The molecule has 0 unspecified atom stereocenters. The van der Waals surface area contributed by atoms with Gasteiger partial charge in [-0.25, -0.2) is 4.68 Å². The van der Waals surface area contributed by atoms with Gasteiger partial charge in [0.25, 0.3) is 0 Å². The largest absolute Gasteiger partial charge is 0.312 e.